The summed E-state index contributed by atoms with van der Waals surface area (Å²) < 4.78 is 1.80. The van der Waals surface area contributed by atoms with E-state index in [9.17, 15) is 4.79 Å². The van der Waals surface area contributed by atoms with Crippen LogP contribution in [0, 0.1) is 0 Å². The van der Waals surface area contributed by atoms with Crippen molar-refractivity contribution in [3.8, 4) is 5.69 Å². The third-order valence-electron chi connectivity index (χ3n) is 4.52. The monoisotopic (exact) mass is 349 g/mol. The second-order valence-electron chi connectivity index (χ2n) is 6.25. The second-order valence-corrected chi connectivity index (χ2v) is 6.25. The number of benzene rings is 1. The van der Waals surface area contributed by atoms with Gasteiger partial charge in [-0.1, -0.05) is 18.2 Å². The number of carbonyl (C=O) groups excluding carboxylic acids is 1. The number of aromatic nitrogens is 3. The number of rotatable bonds is 5. The number of nitrogens with one attached hydrogen (secondary N) is 1. The zero-order valence-corrected chi connectivity index (χ0v) is 15.2. The van der Waals surface area contributed by atoms with Crippen LogP contribution >= 0.6 is 0 Å². The van der Waals surface area contributed by atoms with Gasteiger partial charge in [0, 0.05) is 25.6 Å². The number of pyridine rings is 1. The summed E-state index contributed by atoms with van der Waals surface area (Å²) in [5.74, 6) is 0. The Kier molecular flexibility index (Phi) is 5.31. The van der Waals surface area contributed by atoms with Crippen molar-refractivity contribution in [1.29, 1.82) is 0 Å². The number of carbonyl (C=O) groups is 1. The van der Waals surface area contributed by atoms with Crippen LogP contribution in [0.25, 0.3) is 5.69 Å². The van der Waals surface area contributed by atoms with Gasteiger partial charge in [-0.25, -0.2) is 9.48 Å². The van der Waals surface area contributed by atoms with Gasteiger partial charge in [0.05, 0.1) is 23.5 Å². The summed E-state index contributed by atoms with van der Waals surface area (Å²) in [5.41, 5.74) is 2.88. The van der Waals surface area contributed by atoms with Crippen LogP contribution in [0.5, 0.6) is 0 Å². The largest absolute Gasteiger partial charge is 0.331 e. The average Bonchev–Trinajstić information content (AvgIpc) is 3.22. The Morgan fingerprint density at radius 2 is 1.85 bits per heavy atom. The first-order valence-corrected chi connectivity index (χ1v) is 8.60. The standard InChI is InChI=1S/C20H23N5O/c1-15(17-8-10-18(11-9-17)25-14-6-13-22-25)23-20(26)24(3)16(2)19-7-4-5-12-21-19/h4-16H,1-3H3,(H,23,26)/t15-,16+/m0/s1. The summed E-state index contributed by atoms with van der Waals surface area (Å²) >= 11 is 0. The number of nitrogens with zero attached hydrogens (tertiary/aromatic N) is 4. The lowest BCUT2D eigenvalue weighted by molar-refractivity contribution is 0.190. The third-order valence-corrected chi connectivity index (χ3v) is 4.52. The van der Waals surface area contributed by atoms with Gasteiger partial charge >= 0.3 is 6.03 Å². The van der Waals surface area contributed by atoms with Crippen molar-refractivity contribution in [3.63, 3.8) is 0 Å². The predicted octanol–water partition coefficient (Wildman–Crippen LogP) is 3.73. The van der Waals surface area contributed by atoms with Gasteiger partial charge in [-0.05, 0) is 49.7 Å². The topological polar surface area (TPSA) is 63.1 Å². The van der Waals surface area contributed by atoms with Crippen LogP contribution in [0.15, 0.2) is 67.1 Å². The quantitative estimate of drug-likeness (QED) is 0.763. The van der Waals surface area contributed by atoms with Crippen molar-refractivity contribution in [3.05, 3.63) is 78.4 Å². The van der Waals surface area contributed by atoms with Gasteiger partial charge in [-0.15, -0.1) is 0 Å². The highest BCUT2D eigenvalue weighted by atomic mass is 16.2. The molecule has 2 heterocycles. The second kappa shape index (κ2) is 7.82. The van der Waals surface area contributed by atoms with Crippen LogP contribution in [-0.2, 0) is 0 Å². The molecule has 0 radical (unpaired) electrons. The maximum atomic E-state index is 12.6. The van der Waals surface area contributed by atoms with Gasteiger partial charge in [-0.3, -0.25) is 4.98 Å². The highest BCUT2D eigenvalue weighted by molar-refractivity contribution is 5.74. The number of hydrogen-bond donors (Lipinski definition) is 1. The van der Waals surface area contributed by atoms with E-state index < -0.39 is 0 Å². The minimum atomic E-state index is -0.133. The average molecular weight is 349 g/mol. The lowest BCUT2D eigenvalue weighted by Crippen LogP contribution is -2.40. The highest BCUT2D eigenvalue weighted by Crippen LogP contribution is 2.19. The zero-order valence-electron chi connectivity index (χ0n) is 15.2. The first-order valence-electron chi connectivity index (χ1n) is 8.60. The molecule has 2 aromatic heterocycles. The van der Waals surface area contributed by atoms with E-state index in [0.29, 0.717) is 0 Å². The molecule has 6 nitrogen and oxygen atoms in total. The lowest BCUT2D eigenvalue weighted by atomic mass is 10.1. The zero-order chi connectivity index (χ0) is 18.5. The van der Waals surface area contributed by atoms with Gasteiger partial charge in [0.25, 0.3) is 0 Å². The fourth-order valence-electron chi connectivity index (χ4n) is 2.71. The van der Waals surface area contributed by atoms with Crippen molar-refractivity contribution in [2.45, 2.75) is 25.9 Å². The van der Waals surface area contributed by atoms with E-state index >= 15 is 0 Å². The molecule has 1 aromatic carbocycles. The molecule has 0 unspecified atom stereocenters. The molecule has 2 amide bonds. The molecule has 0 aliphatic carbocycles. The lowest BCUT2D eigenvalue weighted by Gasteiger charge is -2.26. The van der Waals surface area contributed by atoms with E-state index in [-0.39, 0.29) is 18.1 Å². The summed E-state index contributed by atoms with van der Waals surface area (Å²) in [5, 5.41) is 7.25. The molecule has 2 atom stereocenters. The molecule has 1 N–H and O–H groups in total. The fraction of sp³-hybridized carbons (Fsp3) is 0.250. The Bertz CT molecular complexity index is 830. The minimum absolute atomic E-state index is 0.104. The maximum absolute atomic E-state index is 12.6. The van der Waals surface area contributed by atoms with Crippen molar-refractivity contribution >= 4 is 6.03 Å². The van der Waals surface area contributed by atoms with Gasteiger partial charge in [0.2, 0.25) is 0 Å². The number of urea groups is 1. The van der Waals surface area contributed by atoms with Crippen molar-refractivity contribution < 1.29 is 4.79 Å². The first-order chi connectivity index (χ1) is 12.6. The summed E-state index contributed by atoms with van der Waals surface area (Å²) in [6.45, 7) is 3.94. The van der Waals surface area contributed by atoms with Crippen LogP contribution in [0.1, 0.15) is 37.2 Å². The fourth-order valence-corrected chi connectivity index (χ4v) is 2.71. The van der Waals surface area contributed by atoms with Crippen LogP contribution in [-0.4, -0.2) is 32.7 Å². The van der Waals surface area contributed by atoms with E-state index in [0.717, 1.165) is 16.9 Å². The normalized spacial score (nSPS) is 13.0. The Morgan fingerprint density at radius 3 is 2.46 bits per heavy atom. The van der Waals surface area contributed by atoms with Crippen molar-refractivity contribution in [2.75, 3.05) is 7.05 Å². The molecule has 0 saturated carbocycles. The maximum Gasteiger partial charge on any atom is 0.318 e. The van der Waals surface area contributed by atoms with Crippen molar-refractivity contribution in [1.82, 2.24) is 25.0 Å². The molecule has 0 aliphatic rings. The van der Waals surface area contributed by atoms with E-state index in [1.165, 1.54) is 0 Å². The third kappa shape index (κ3) is 3.91. The Labute approximate surface area is 153 Å². The Morgan fingerprint density at radius 1 is 1.08 bits per heavy atom. The minimum Gasteiger partial charge on any atom is -0.331 e. The molecule has 0 bridgehead atoms. The van der Waals surface area contributed by atoms with E-state index in [4.69, 9.17) is 0 Å². The smallest absolute Gasteiger partial charge is 0.318 e. The Hall–Kier alpha value is -3.15. The van der Waals surface area contributed by atoms with Crippen LogP contribution in [0.4, 0.5) is 4.79 Å². The van der Waals surface area contributed by atoms with Crippen molar-refractivity contribution in [2.24, 2.45) is 0 Å². The molecule has 3 aromatic rings. The summed E-state index contributed by atoms with van der Waals surface area (Å²) in [7, 11) is 1.78. The molecule has 0 fully saturated rings. The van der Waals surface area contributed by atoms with E-state index in [2.05, 4.69) is 15.4 Å². The van der Waals surface area contributed by atoms with Gasteiger partial charge in [0.15, 0.2) is 0 Å². The Balaban J connectivity index is 1.63. The van der Waals surface area contributed by atoms with Gasteiger partial charge < -0.3 is 10.2 Å². The molecule has 0 spiro atoms. The van der Waals surface area contributed by atoms with Crippen LogP contribution in [0.3, 0.4) is 0 Å². The van der Waals surface area contributed by atoms with Crippen LogP contribution < -0.4 is 5.32 Å². The molecule has 134 valence electrons. The predicted molar refractivity (Wildman–Crippen MR) is 101 cm³/mol. The molecular weight excluding hydrogens is 326 g/mol. The molecule has 26 heavy (non-hydrogen) atoms. The molecule has 3 rings (SSSR count). The van der Waals surface area contributed by atoms with Gasteiger partial charge in [-0.2, -0.15) is 5.10 Å². The summed E-state index contributed by atoms with van der Waals surface area (Å²) in [4.78, 5) is 18.6. The van der Waals surface area contributed by atoms with Crippen LogP contribution in [0.2, 0.25) is 0 Å². The molecule has 0 aliphatic heterocycles. The summed E-state index contributed by atoms with van der Waals surface area (Å²) in [6.07, 6.45) is 5.38. The highest BCUT2D eigenvalue weighted by Gasteiger charge is 2.20. The molecular formula is C20H23N5O. The van der Waals surface area contributed by atoms with E-state index in [1.807, 2.05) is 68.6 Å². The summed E-state index contributed by atoms with van der Waals surface area (Å²) in [6, 6.07) is 15.2. The SMILES string of the molecule is C[C@H](NC(=O)N(C)[C@H](C)c1ccccn1)c1ccc(-n2cccn2)cc1. The molecule has 0 saturated heterocycles. The number of hydrogen-bond acceptors (Lipinski definition) is 3. The van der Waals surface area contributed by atoms with E-state index in [1.54, 1.807) is 29.0 Å². The number of amides is 2. The first kappa shape index (κ1) is 17.7. The molecule has 6 heteroatoms. The van der Waals surface area contributed by atoms with Gasteiger partial charge in [0.1, 0.15) is 0 Å².